The normalized spacial score (nSPS) is 23.6. The molecule has 7 heteroatoms. The molecule has 1 fully saturated rings. The van der Waals surface area contributed by atoms with Gasteiger partial charge >= 0.3 is 11.9 Å². The number of carbonyl (C=O) groups excluding carboxylic acids is 2. The van der Waals surface area contributed by atoms with E-state index in [1.807, 2.05) is 0 Å². The zero-order valence-corrected chi connectivity index (χ0v) is 10.9. The van der Waals surface area contributed by atoms with Gasteiger partial charge in [0.25, 0.3) is 0 Å². The molecule has 1 saturated carbocycles. The van der Waals surface area contributed by atoms with E-state index in [0.717, 1.165) is 6.92 Å². The first-order valence-corrected chi connectivity index (χ1v) is 6.05. The van der Waals surface area contributed by atoms with E-state index in [1.54, 1.807) is 0 Å². The molecule has 1 aliphatic carbocycles. The van der Waals surface area contributed by atoms with Crippen LogP contribution in [0.1, 0.15) is 39.5 Å². The predicted octanol–water partition coefficient (Wildman–Crippen LogP) is 0.907. The number of rotatable bonds is 5. The van der Waals surface area contributed by atoms with Gasteiger partial charge in [-0.3, -0.25) is 9.59 Å². The van der Waals surface area contributed by atoms with Crippen molar-refractivity contribution in [2.75, 3.05) is 0 Å². The minimum atomic E-state index is -1.40. The van der Waals surface area contributed by atoms with Gasteiger partial charge in [0, 0.05) is 13.8 Å². The van der Waals surface area contributed by atoms with E-state index in [2.05, 4.69) is 5.16 Å². The molecule has 1 aliphatic rings. The third-order valence-corrected chi connectivity index (χ3v) is 2.78. The molecule has 0 aromatic heterocycles. The van der Waals surface area contributed by atoms with Crippen molar-refractivity contribution in [2.45, 2.75) is 51.7 Å². The summed E-state index contributed by atoms with van der Waals surface area (Å²) in [7, 11) is 0. The Balaban J connectivity index is 2.44. The van der Waals surface area contributed by atoms with Crippen LogP contribution >= 0.6 is 0 Å². The van der Waals surface area contributed by atoms with Crippen molar-refractivity contribution in [3.8, 4) is 0 Å². The highest BCUT2D eigenvalue weighted by atomic mass is 16.6. The van der Waals surface area contributed by atoms with Gasteiger partial charge in [0.2, 0.25) is 5.71 Å². The van der Waals surface area contributed by atoms with Crippen molar-refractivity contribution in [1.29, 1.82) is 0 Å². The molecule has 106 valence electrons. The molecular formula is C12H17NO6. The SMILES string of the molecule is CC(=O)O[C@H]1CC[C@@H](O/N=C(/C(C)=O)C(=O)O)CC1. The van der Waals surface area contributed by atoms with Crippen molar-refractivity contribution in [3.63, 3.8) is 0 Å². The average Bonchev–Trinajstić information content (AvgIpc) is 2.29. The van der Waals surface area contributed by atoms with E-state index < -0.39 is 17.5 Å². The van der Waals surface area contributed by atoms with Crippen LogP contribution in [0, 0.1) is 0 Å². The van der Waals surface area contributed by atoms with E-state index in [0.29, 0.717) is 25.7 Å². The third kappa shape index (κ3) is 5.07. The Morgan fingerprint density at radius 2 is 1.58 bits per heavy atom. The Kier molecular flexibility index (Phi) is 5.47. The number of oxime groups is 1. The van der Waals surface area contributed by atoms with Gasteiger partial charge in [-0.15, -0.1) is 0 Å². The van der Waals surface area contributed by atoms with Crippen molar-refractivity contribution >= 4 is 23.4 Å². The second kappa shape index (κ2) is 6.86. The molecule has 0 aromatic rings. The van der Waals surface area contributed by atoms with Crippen molar-refractivity contribution in [2.24, 2.45) is 5.16 Å². The third-order valence-electron chi connectivity index (χ3n) is 2.78. The number of aliphatic carboxylic acids is 1. The molecule has 0 atom stereocenters. The molecule has 0 heterocycles. The molecule has 0 aliphatic heterocycles. The number of nitrogens with zero attached hydrogens (tertiary/aromatic N) is 1. The smallest absolute Gasteiger partial charge is 0.361 e. The standard InChI is InChI=1S/C12H17NO6/c1-7(14)11(12(16)17)13-19-10-5-3-9(4-6-10)18-8(2)15/h9-10H,3-6H2,1-2H3,(H,16,17)/b13-11-/t9-,10+. The maximum atomic E-state index is 11.0. The molecule has 0 spiro atoms. The first-order chi connectivity index (χ1) is 8.90. The van der Waals surface area contributed by atoms with Crippen LogP contribution in [-0.2, 0) is 24.0 Å². The van der Waals surface area contributed by atoms with E-state index >= 15 is 0 Å². The second-order valence-electron chi connectivity index (χ2n) is 4.41. The Morgan fingerprint density at radius 1 is 1.05 bits per heavy atom. The molecular weight excluding hydrogens is 254 g/mol. The van der Waals surface area contributed by atoms with Gasteiger partial charge < -0.3 is 14.7 Å². The maximum absolute atomic E-state index is 11.0. The first kappa shape index (κ1) is 15.1. The van der Waals surface area contributed by atoms with Gasteiger partial charge in [0.15, 0.2) is 5.78 Å². The Morgan fingerprint density at radius 3 is 2.00 bits per heavy atom. The molecule has 0 unspecified atom stereocenters. The number of hydrogen-bond acceptors (Lipinski definition) is 6. The highest BCUT2D eigenvalue weighted by Crippen LogP contribution is 2.23. The summed E-state index contributed by atoms with van der Waals surface area (Å²) in [6, 6.07) is 0. The molecule has 0 saturated heterocycles. The van der Waals surface area contributed by atoms with Gasteiger partial charge in [0.1, 0.15) is 12.2 Å². The molecule has 0 radical (unpaired) electrons. The number of hydrogen-bond donors (Lipinski definition) is 1. The number of esters is 1. The quantitative estimate of drug-likeness (QED) is 0.345. The zero-order chi connectivity index (χ0) is 14.4. The van der Waals surface area contributed by atoms with Gasteiger partial charge in [-0.25, -0.2) is 4.79 Å². The lowest BCUT2D eigenvalue weighted by atomic mass is 9.95. The number of ether oxygens (including phenoxy) is 1. The Bertz CT molecular complexity index is 379. The zero-order valence-electron chi connectivity index (χ0n) is 10.9. The van der Waals surface area contributed by atoms with Crippen LogP contribution in [0.15, 0.2) is 5.16 Å². The Hall–Kier alpha value is -1.92. The minimum absolute atomic E-state index is 0.118. The molecule has 0 bridgehead atoms. The van der Waals surface area contributed by atoms with Crippen LogP contribution < -0.4 is 0 Å². The monoisotopic (exact) mass is 271 g/mol. The second-order valence-corrected chi connectivity index (χ2v) is 4.41. The summed E-state index contributed by atoms with van der Waals surface area (Å²) >= 11 is 0. The topological polar surface area (TPSA) is 102 Å². The summed E-state index contributed by atoms with van der Waals surface area (Å²) in [5, 5.41) is 12.1. The summed E-state index contributed by atoms with van der Waals surface area (Å²) in [5.74, 6) is -2.37. The largest absolute Gasteiger partial charge is 0.476 e. The van der Waals surface area contributed by atoms with E-state index in [-0.39, 0.29) is 18.2 Å². The van der Waals surface area contributed by atoms with Gasteiger partial charge in [-0.2, -0.15) is 0 Å². The van der Waals surface area contributed by atoms with Gasteiger partial charge in [0.05, 0.1) is 0 Å². The van der Waals surface area contributed by atoms with Crippen LogP contribution in [0.2, 0.25) is 0 Å². The van der Waals surface area contributed by atoms with E-state index in [9.17, 15) is 14.4 Å². The maximum Gasteiger partial charge on any atom is 0.361 e. The summed E-state index contributed by atoms with van der Waals surface area (Å²) in [5.41, 5.74) is -0.609. The molecule has 0 aromatic carbocycles. The highest BCUT2D eigenvalue weighted by Gasteiger charge is 2.25. The van der Waals surface area contributed by atoms with Gasteiger partial charge in [-0.1, -0.05) is 5.16 Å². The van der Waals surface area contributed by atoms with Crippen LogP contribution in [0.4, 0.5) is 0 Å². The van der Waals surface area contributed by atoms with Crippen LogP contribution in [0.3, 0.4) is 0 Å². The fourth-order valence-electron chi connectivity index (χ4n) is 1.87. The van der Waals surface area contributed by atoms with Crippen molar-refractivity contribution in [1.82, 2.24) is 0 Å². The lowest BCUT2D eigenvalue weighted by Gasteiger charge is -2.26. The predicted molar refractivity (Wildman–Crippen MR) is 64.6 cm³/mol. The average molecular weight is 271 g/mol. The van der Waals surface area contributed by atoms with Crippen LogP contribution in [0.25, 0.3) is 0 Å². The fraction of sp³-hybridized carbons (Fsp3) is 0.667. The molecule has 19 heavy (non-hydrogen) atoms. The van der Waals surface area contributed by atoms with Gasteiger partial charge in [-0.05, 0) is 25.7 Å². The highest BCUT2D eigenvalue weighted by molar-refractivity contribution is 6.63. The number of carbonyl (C=O) groups is 3. The first-order valence-electron chi connectivity index (χ1n) is 6.05. The van der Waals surface area contributed by atoms with E-state index in [1.165, 1.54) is 6.92 Å². The lowest BCUT2D eigenvalue weighted by Crippen LogP contribution is -2.28. The summed E-state index contributed by atoms with van der Waals surface area (Å²) in [6.07, 6.45) is 2.12. The van der Waals surface area contributed by atoms with Crippen molar-refractivity contribution < 1.29 is 29.1 Å². The number of carboxylic acid groups (broad SMARTS) is 1. The number of carboxylic acids is 1. The Labute approximate surface area is 110 Å². The molecule has 1 rings (SSSR count). The summed E-state index contributed by atoms with van der Waals surface area (Å²) < 4.78 is 5.06. The molecule has 7 nitrogen and oxygen atoms in total. The lowest BCUT2D eigenvalue weighted by molar-refractivity contribution is -0.149. The molecule has 1 N–H and O–H groups in total. The number of Topliss-reactive ketones (excluding diaryl/α,β-unsaturated/α-hetero) is 1. The molecule has 0 amide bonds. The number of ketones is 1. The van der Waals surface area contributed by atoms with E-state index in [4.69, 9.17) is 14.7 Å². The van der Waals surface area contributed by atoms with Crippen LogP contribution in [-0.4, -0.2) is 40.7 Å². The summed E-state index contributed by atoms with van der Waals surface area (Å²) in [6.45, 7) is 2.48. The fourth-order valence-corrected chi connectivity index (χ4v) is 1.87. The minimum Gasteiger partial charge on any atom is -0.476 e. The summed E-state index contributed by atoms with van der Waals surface area (Å²) in [4.78, 5) is 37.5. The van der Waals surface area contributed by atoms with Crippen LogP contribution in [0.5, 0.6) is 0 Å². The van der Waals surface area contributed by atoms with Crippen molar-refractivity contribution in [3.05, 3.63) is 0 Å².